The molecule has 3 heteroatoms. The van der Waals surface area contributed by atoms with Crippen LogP contribution in [0.5, 0.6) is 0 Å². The van der Waals surface area contributed by atoms with Gasteiger partial charge in [-0.2, -0.15) is 0 Å². The molecule has 1 fully saturated rings. The molecule has 3 nitrogen and oxygen atoms in total. The van der Waals surface area contributed by atoms with Crippen molar-refractivity contribution in [3.8, 4) is 0 Å². The Balaban J connectivity index is 2.33. The normalized spacial score (nSPS) is 27.6. The number of likely N-dealkylation sites (tertiary alicyclic amines) is 1. The van der Waals surface area contributed by atoms with E-state index in [4.69, 9.17) is 5.11 Å². The van der Waals surface area contributed by atoms with Gasteiger partial charge in [-0.15, -0.1) is 0 Å². The zero-order valence-corrected chi connectivity index (χ0v) is 8.49. The van der Waals surface area contributed by atoms with Gasteiger partial charge in [-0.25, -0.2) is 0 Å². The highest BCUT2D eigenvalue weighted by Crippen LogP contribution is 2.13. The summed E-state index contributed by atoms with van der Waals surface area (Å²) in [6, 6.07) is 0. The lowest BCUT2D eigenvalue weighted by Gasteiger charge is -2.31. The van der Waals surface area contributed by atoms with E-state index in [0.717, 1.165) is 19.6 Å². The molecule has 0 saturated carbocycles. The number of ketones is 1. The number of carbonyl (C=O) groups is 1. The maximum atomic E-state index is 11.2. The van der Waals surface area contributed by atoms with Crippen molar-refractivity contribution in [2.75, 3.05) is 26.2 Å². The summed E-state index contributed by atoms with van der Waals surface area (Å²) in [5.74, 6) is 0.882. The molecule has 0 aromatic carbocycles. The number of nitrogens with zero attached hydrogens (tertiary/aromatic N) is 1. The predicted octanol–water partition coefficient (Wildman–Crippen LogP) is 0.526. The van der Waals surface area contributed by atoms with Gasteiger partial charge in [0.15, 0.2) is 0 Å². The fourth-order valence-corrected chi connectivity index (χ4v) is 1.76. The van der Waals surface area contributed by atoms with E-state index in [1.807, 2.05) is 13.8 Å². The summed E-state index contributed by atoms with van der Waals surface area (Å²) in [5, 5.41) is 8.89. The third-order valence-corrected chi connectivity index (χ3v) is 2.64. The molecule has 0 amide bonds. The van der Waals surface area contributed by atoms with Crippen LogP contribution in [0.4, 0.5) is 0 Å². The van der Waals surface area contributed by atoms with Gasteiger partial charge >= 0.3 is 0 Å². The van der Waals surface area contributed by atoms with Crippen LogP contribution in [-0.4, -0.2) is 42.0 Å². The maximum Gasteiger partial charge on any atom is 0.138 e. The predicted molar refractivity (Wildman–Crippen MR) is 51.5 cm³/mol. The van der Waals surface area contributed by atoms with Crippen molar-refractivity contribution < 1.29 is 9.90 Å². The molecule has 0 aliphatic carbocycles. The average Bonchev–Trinajstić information content (AvgIpc) is 2.11. The largest absolute Gasteiger partial charge is 0.396 e. The van der Waals surface area contributed by atoms with Crippen molar-refractivity contribution in [1.29, 1.82) is 0 Å². The van der Waals surface area contributed by atoms with Gasteiger partial charge in [-0.1, -0.05) is 13.8 Å². The average molecular weight is 185 g/mol. The van der Waals surface area contributed by atoms with E-state index in [-0.39, 0.29) is 12.5 Å². The van der Waals surface area contributed by atoms with Crippen LogP contribution in [0.25, 0.3) is 0 Å². The molecular weight excluding hydrogens is 166 g/mol. The van der Waals surface area contributed by atoms with Crippen LogP contribution >= 0.6 is 0 Å². The second kappa shape index (κ2) is 4.72. The molecule has 1 N–H and O–H groups in total. The number of rotatable bonds is 3. The van der Waals surface area contributed by atoms with Crippen LogP contribution in [0.1, 0.15) is 20.3 Å². The van der Waals surface area contributed by atoms with Crippen LogP contribution < -0.4 is 0 Å². The lowest BCUT2D eigenvalue weighted by atomic mass is 9.98. The molecule has 2 unspecified atom stereocenters. The zero-order valence-electron chi connectivity index (χ0n) is 8.49. The summed E-state index contributed by atoms with van der Waals surface area (Å²) in [6.07, 6.45) is 0.680. The van der Waals surface area contributed by atoms with Gasteiger partial charge in [0.2, 0.25) is 0 Å². The number of Topliss-reactive ketones (excluding diaryl/α,β-unsaturated/α-hetero) is 1. The first-order chi connectivity index (χ1) is 6.13. The van der Waals surface area contributed by atoms with Crippen LogP contribution in [0.2, 0.25) is 0 Å². The van der Waals surface area contributed by atoms with Crippen LogP contribution in [0.3, 0.4) is 0 Å². The summed E-state index contributed by atoms with van der Waals surface area (Å²) in [6.45, 7) is 6.89. The summed E-state index contributed by atoms with van der Waals surface area (Å²) < 4.78 is 0. The summed E-state index contributed by atoms with van der Waals surface area (Å²) in [4.78, 5) is 13.5. The van der Waals surface area contributed by atoms with Gasteiger partial charge in [-0.05, 0) is 5.92 Å². The molecule has 0 aromatic rings. The minimum absolute atomic E-state index is 0.180. The lowest BCUT2D eigenvalue weighted by molar-refractivity contribution is -0.125. The molecule has 2 atom stereocenters. The SMILES string of the molecule is CC(CO)CN1CCC(=O)C(C)C1. The fraction of sp³-hybridized carbons (Fsp3) is 0.900. The third kappa shape index (κ3) is 3.08. The molecule has 1 heterocycles. The Kier molecular flexibility index (Phi) is 3.88. The number of aliphatic hydroxyl groups excluding tert-OH is 1. The van der Waals surface area contributed by atoms with E-state index in [1.165, 1.54) is 0 Å². The fourth-order valence-electron chi connectivity index (χ4n) is 1.76. The Hall–Kier alpha value is -0.410. The summed E-state index contributed by atoms with van der Waals surface area (Å²) >= 11 is 0. The van der Waals surface area contributed by atoms with E-state index in [2.05, 4.69) is 4.90 Å². The van der Waals surface area contributed by atoms with E-state index in [9.17, 15) is 4.79 Å². The first-order valence-corrected chi connectivity index (χ1v) is 4.99. The van der Waals surface area contributed by atoms with Crippen molar-refractivity contribution in [3.05, 3.63) is 0 Å². The smallest absolute Gasteiger partial charge is 0.138 e. The van der Waals surface area contributed by atoms with Gasteiger partial charge in [0.25, 0.3) is 0 Å². The zero-order chi connectivity index (χ0) is 9.84. The molecule has 1 aliphatic rings. The van der Waals surface area contributed by atoms with Gasteiger partial charge in [-0.3, -0.25) is 4.79 Å². The Morgan fingerprint density at radius 3 is 2.92 bits per heavy atom. The molecule has 76 valence electrons. The first-order valence-electron chi connectivity index (χ1n) is 4.99. The number of hydrogen-bond donors (Lipinski definition) is 1. The second-order valence-electron chi connectivity index (χ2n) is 4.16. The van der Waals surface area contributed by atoms with Crippen molar-refractivity contribution in [2.24, 2.45) is 11.8 Å². The lowest BCUT2D eigenvalue weighted by Crippen LogP contribution is -2.42. The Labute approximate surface area is 79.7 Å². The van der Waals surface area contributed by atoms with Crippen molar-refractivity contribution >= 4 is 5.78 Å². The topological polar surface area (TPSA) is 40.5 Å². The molecule has 1 saturated heterocycles. The van der Waals surface area contributed by atoms with Crippen LogP contribution in [-0.2, 0) is 4.79 Å². The van der Waals surface area contributed by atoms with Crippen LogP contribution in [0, 0.1) is 11.8 Å². The van der Waals surface area contributed by atoms with E-state index in [1.54, 1.807) is 0 Å². The monoisotopic (exact) mass is 185 g/mol. The highest BCUT2D eigenvalue weighted by molar-refractivity contribution is 5.81. The van der Waals surface area contributed by atoms with Gasteiger partial charge in [0.1, 0.15) is 5.78 Å². The molecular formula is C10H19NO2. The molecule has 0 radical (unpaired) electrons. The van der Waals surface area contributed by atoms with Gasteiger partial charge in [0.05, 0.1) is 0 Å². The maximum absolute atomic E-state index is 11.2. The number of carbonyl (C=O) groups excluding carboxylic acids is 1. The second-order valence-corrected chi connectivity index (χ2v) is 4.16. The highest BCUT2D eigenvalue weighted by Gasteiger charge is 2.23. The van der Waals surface area contributed by atoms with Crippen LogP contribution in [0.15, 0.2) is 0 Å². The Bertz CT molecular complexity index is 182. The molecule has 1 aliphatic heterocycles. The minimum atomic E-state index is 0.180. The molecule has 1 rings (SSSR count). The van der Waals surface area contributed by atoms with E-state index < -0.39 is 0 Å². The van der Waals surface area contributed by atoms with E-state index in [0.29, 0.717) is 18.1 Å². The number of piperidine rings is 1. The standard InChI is InChI=1S/C10H19NO2/c1-8(7-12)5-11-4-3-10(13)9(2)6-11/h8-9,12H,3-7H2,1-2H3. The van der Waals surface area contributed by atoms with Crippen molar-refractivity contribution in [2.45, 2.75) is 20.3 Å². The van der Waals surface area contributed by atoms with Crippen molar-refractivity contribution in [3.63, 3.8) is 0 Å². The molecule has 0 spiro atoms. The molecule has 0 aromatic heterocycles. The first kappa shape index (κ1) is 10.7. The number of hydrogen-bond acceptors (Lipinski definition) is 3. The number of aliphatic hydroxyl groups is 1. The Morgan fingerprint density at radius 1 is 1.69 bits per heavy atom. The summed E-state index contributed by atoms with van der Waals surface area (Å²) in [7, 11) is 0. The summed E-state index contributed by atoms with van der Waals surface area (Å²) in [5.41, 5.74) is 0. The quantitative estimate of drug-likeness (QED) is 0.697. The highest BCUT2D eigenvalue weighted by atomic mass is 16.3. The third-order valence-electron chi connectivity index (χ3n) is 2.64. The minimum Gasteiger partial charge on any atom is -0.396 e. The van der Waals surface area contributed by atoms with Crippen molar-refractivity contribution in [1.82, 2.24) is 4.90 Å². The van der Waals surface area contributed by atoms with Gasteiger partial charge < -0.3 is 10.0 Å². The molecule has 0 bridgehead atoms. The Morgan fingerprint density at radius 2 is 2.38 bits per heavy atom. The van der Waals surface area contributed by atoms with E-state index >= 15 is 0 Å². The van der Waals surface area contributed by atoms with Gasteiger partial charge in [0, 0.05) is 38.6 Å². The molecule has 13 heavy (non-hydrogen) atoms.